The zero-order valence-corrected chi connectivity index (χ0v) is 15.8. The molecule has 1 atom stereocenters. The second kappa shape index (κ2) is 8.13. The van der Waals surface area contributed by atoms with E-state index in [0.717, 1.165) is 10.5 Å². The first-order valence-corrected chi connectivity index (χ1v) is 9.27. The summed E-state index contributed by atoms with van der Waals surface area (Å²) in [6, 6.07) is 18.7. The van der Waals surface area contributed by atoms with Gasteiger partial charge in [0.05, 0.1) is 11.6 Å². The van der Waals surface area contributed by atoms with Gasteiger partial charge in [0.15, 0.2) is 11.5 Å². The summed E-state index contributed by atoms with van der Waals surface area (Å²) in [6.07, 6.45) is 4.33. The summed E-state index contributed by atoms with van der Waals surface area (Å²) >= 11 is 0. The molecule has 0 bridgehead atoms. The molecule has 5 nitrogen and oxygen atoms in total. The standard InChI is InChI=1S/C24H17FN2O3/c25-18-11-5-4-10-17(18)22-21(19(28)14-13-16-8-2-1-3-9-16)23(29)24(30)27(22)20-12-6-7-15-26-20/h1-15,22,29H/b14-13+/t22-/m0/s1. The van der Waals surface area contributed by atoms with E-state index < -0.39 is 29.3 Å². The summed E-state index contributed by atoms with van der Waals surface area (Å²) in [7, 11) is 0. The van der Waals surface area contributed by atoms with Crippen molar-refractivity contribution in [3.63, 3.8) is 0 Å². The molecule has 3 aromatic rings. The first-order valence-electron chi connectivity index (χ1n) is 9.27. The normalized spacial score (nSPS) is 16.5. The van der Waals surface area contributed by atoms with Gasteiger partial charge in [0.2, 0.25) is 0 Å². The summed E-state index contributed by atoms with van der Waals surface area (Å²) in [5.41, 5.74) is 0.680. The Morgan fingerprint density at radius 2 is 1.70 bits per heavy atom. The Kier molecular flexibility index (Phi) is 5.22. The smallest absolute Gasteiger partial charge is 0.295 e. The van der Waals surface area contributed by atoms with Crippen molar-refractivity contribution in [2.24, 2.45) is 0 Å². The van der Waals surface area contributed by atoms with E-state index >= 15 is 0 Å². The minimum Gasteiger partial charge on any atom is -0.503 e. The van der Waals surface area contributed by atoms with Crippen LogP contribution in [0.2, 0.25) is 0 Å². The Hall–Kier alpha value is -4.06. The number of nitrogens with zero attached hydrogens (tertiary/aromatic N) is 2. The number of benzene rings is 2. The zero-order valence-electron chi connectivity index (χ0n) is 15.8. The lowest BCUT2D eigenvalue weighted by molar-refractivity contribution is -0.117. The number of hydrogen-bond acceptors (Lipinski definition) is 4. The van der Waals surface area contributed by atoms with Crippen molar-refractivity contribution in [3.8, 4) is 0 Å². The van der Waals surface area contributed by atoms with Gasteiger partial charge >= 0.3 is 0 Å². The molecule has 0 fully saturated rings. The maximum Gasteiger partial charge on any atom is 0.295 e. The van der Waals surface area contributed by atoms with Crippen LogP contribution < -0.4 is 4.90 Å². The van der Waals surface area contributed by atoms with Crippen molar-refractivity contribution in [2.75, 3.05) is 4.90 Å². The van der Waals surface area contributed by atoms with Gasteiger partial charge in [-0.2, -0.15) is 0 Å². The molecule has 30 heavy (non-hydrogen) atoms. The number of allylic oxidation sites excluding steroid dienone is 1. The number of rotatable bonds is 5. The molecule has 0 spiro atoms. The molecule has 2 aromatic carbocycles. The van der Waals surface area contributed by atoms with Gasteiger partial charge in [0.25, 0.3) is 5.91 Å². The van der Waals surface area contributed by atoms with Crippen molar-refractivity contribution < 1.29 is 19.1 Å². The van der Waals surface area contributed by atoms with Gasteiger partial charge in [-0.15, -0.1) is 0 Å². The van der Waals surface area contributed by atoms with Gasteiger partial charge in [-0.1, -0.05) is 60.7 Å². The third kappa shape index (κ3) is 3.51. The Bertz CT molecular complexity index is 1160. The predicted octanol–water partition coefficient (Wildman–Crippen LogP) is 4.40. The highest BCUT2D eigenvalue weighted by molar-refractivity contribution is 6.19. The van der Waals surface area contributed by atoms with E-state index in [-0.39, 0.29) is 17.0 Å². The van der Waals surface area contributed by atoms with Crippen molar-refractivity contribution in [1.82, 2.24) is 4.98 Å². The number of pyridine rings is 1. The summed E-state index contributed by atoms with van der Waals surface area (Å²) in [4.78, 5) is 31.2. The first kappa shape index (κ1) is 19.3. The van der Waals surface area contributed by atoms with E-state index in [1.54, 1.807) is 30.3 Å². The highest BCUT2D eigenvalue weighted by atomic mass is 19.1. The largest absolute Gasteiger partial charge is 0.503 e. The number of carbonyl (C=O) groups is 2. The van der Waals surface area contributed by atoms with Crippen LogP contribution in [0.15, 0.2) is 96.4 Å². The van der Waals surface area contributed by atoms with Crippen LogP contribution in [0.3, 0.4) is 0 Å². The van der Waals surface area contributed by atoms with E-state index in [1.165, 1.54) is 30.5 Å². The minimum atomic E-state index is -1.14. The van der Waals surface area contributed by atoms with E-state index in [4.69, 9.17) is 0 Å². The van der Waals surface area contributed by atoms with E-state index in [9.17, 15) is 19.1 Å². The maximum absolute atomic E-state index is 14.7. The number of ketones is 1. The molecular formula is C24H17FN2O3. The molecule has 2 heterocycles. The maximum atomic E-state index is 14.7. The van der Waals surface area contributed by atoms with Crippen LogP contribution in [-0.4, -0.2) is 21.8 Å². The molecule has 0 unspecified atom stereocenters. The fraction of sp³-hybridized carbons (Fsp3) is 0.0417. The van der Waals surface area contributed by atoms with Crippen molar-refractivity contribution in [1.29, 1.82) is 0 Å². The van der Waals surface area contributed by atoms with Crippen LogP contribution >= 0.6 is 0 Å². The summed E-state index contributed by atoms with van der Waals surface area (Å²) in [5.74, 6) is -2.49. The lowest BCUT2D eigenvalue weighted by Gasteiger charge is -2.25. The predicted molar refractivity (Wildman–Crippen MR) is 111 cm³/mol. The molecule has 6 heteroatoms. The molecule has 0 aliphatic carbocycles. The SMILES string of the molecule is O=C(/C=C/c1ccccc1)C1=C(O)C(=O)N(c2ccccn2)[C@H]1c1ccccc1F. The molecule has 1 amide bonds. The molecule has 1 aliphatic heterocycles. The van der Waals surface area contributed by atoms with E-state index in [0.29, 0.717) is 0 Å². The Labute approximate surface area is 172 Å². The van der Waals surface area contributed by atoms with Crippen molar-refractivity contribution >= 4 is 23.6 Å². The molecule has 0 radical (unpaired) electrons. The van der Waals surface area contributed by atoms with Gasteiger partial charge < -0.3 is 5.11 Å². The molecule has 1 aliphatic rings. The molecule has 1 aromatic heterocycles. The van der Waals surface area contributed by atoms with E-state index in [1.807, 2.05) is 30.3 Å². The topological polar surface area (TPSA) is 70.5 Å². The minimum absolute atomic E-state index is 0.0945. The van der Waals surface area contributed by atoms with Crippen LogP contribution in [-0.2, 0) is 9.59 Å². The Morgan fingerprint density at radius 1 is 1.00 bits per heavy atom. The third-order valence-corrected chi connectivity index (χ3v) is 4.80. The van der Waals surface area contributed by atoms with Crippen molar-refractivity contribution in [2.45, 2.75) is 6.04 Å². The molecule has 0 saturated heterocycles. The number of aliphatic hydroxyl groups excluding tert-OH is 1. The molecular weight excluding hydrogens is 383 g/mol. The summed E-state index contributed by atoms with van der Waals surface area (Å²) in [5, 5.41) is 10.6. The van der Waals surface area contributed by atoms with Gasteiger partial charge in [0.1, 0.15) is 11.6 Å². The summed E-state index contributed by atoms with van der Waals surface area (Å²) < 4.78 is 14.7. The quantitative estimate of drug-likeness (QED) is 0.645. The molecule has 148 valence electrons. The van der Waals surface area contributed by atoms with E-state index in [2.05, 4.69) is 4.98 Å². The number of hydrogen-bond donors (Lipinski definition) is 1. The molecule has 1 N–H and O–H groups in total. The highest BCUT2D eigenvalue weighted by Crippen LogP contribution is 2.41. The van der Waals surface area contributed by atoms with Crippen LogP contribution in [0.1, 0.15) is 17.2 Å². The van der Waals surface area contributed by atoms with Crippen LogP contribution in [0.25, 0.3) is 6.08 Å². The average molecular weight is 400 g/mol. The molecule has 4 rings (SSSR count). The number of aromatic nitrogens is 1. The summed E-state index contributed by atoms with van der Waals surface area (Å²) in [6.45, 7) is 0. The second-order valence-electron chi connectivity index (χ2n) is 6.66. The number of amides is 1. The number of halogens is 1. The van der Waals surface area contributed by atoms with Gasteiger partial charge in [-0.05, 0) is 29.8 Å². The van der Waals surface area contributed by atoms with Gasteiger partial charge in [-0.25, -0.2) is 9.37 Å². The highest BCUT2D eigenvalue weighted by Gasteiger charge is 2.45. The average Bonchev–Trinajstić information content (AvgIpc) is 3.04. The third-order valence-electron chi connectivity index (χ3n) is 4.80. The Balaban J connectivity index is 1.81. The number of anilines is 1. The zero-order chi connectivity index (χ0) is 21.1. The second-order valence-corrected chi connectivity index (χ2v) is 6.66. The monoisotopic (exact) mass is 400 g/mol. The van der Waals surface area contributed by atoms with Crippen molar-refractivity contribution in [3.05, 3.63) is 113 Å². The van der Waals surface area contributed by atoms with Gasteiger partial charge in [-0.3, -0.25) is 14.5 Å². The fourth-order valence-electron chi connectivity index (χ4n) is 3.41. The van der Waals surface area contributed by atoms with Crippen LogP contribution in [0.5, 0.6) is 0 Å². The lowest BCUT2D eigenvalue weighted by atomic mass is 9.95. The van der Waals surface area contributed by atoms with Gasteiger partial charge in [0, 0.05) is 11.8 Å². The lowest BCUT2D eigenvalue weighted by Crippen LogP contribution is -2.32. The van der Waals surface area contributed by atoms with Crippen LogP contribution in [0.4, 0.5) is 10.2 Å². The van der Waals surface area contributed by atoms with Crippen LogP contribution in [0, 0.1) is 5.82 Å². The number of carbonyl (C=O) groups excluding carboxylic acids is 2. The molecule has 0 saturated carbocycles. The Morgan fingerprint density at radius 3 is 2.40 bits per heavy atom. The first-order chi connectivity index (χ1) is 14.6. The number of aliphatic hydroxyl groups is 1. The fourth-order valence-corrected chi connectivity index (χ4v) is 3.41.